The summed E-state index contributed by atoms with van der Waals surface area (Å²) in [6.07, 6.45) is 0. The molecule has 2 aromatic rings. The Morgan fingerprint density at radius 1 is 1.44 bits per heavy atom. The number of imidazole rings is 1. The van der Waals surface area contributed by atoms with Gasteiger partial charge in [-0.15, -0.1) is 0 Å². The van der Waals surface area contributed by atoms with Crippen LogP contribution in [0.15, 0.2) is 18.2 Å². The molecule has 1 heterocycles. The van der Waals surface area contributed by atoms with E-state index in [9.17, 15) is 0 Å². The third-order valence-electron chi connectivity index (χ3n) is 2.96. The topological polar surface area (TPSA) is 76.9 Å². The van der Waals surface area contributed by atoms with Crippen LogP contribution in [0.3, 0.4) is 0 Å². The second kappa shape index (κ2) is 4.41. The summed E-state index contributed by atoms with van der Waals surface area (Å²) in [6.45, 7) is 1.88. The van der Waals surface area contributed by atoms with E-state index >= 15 is 0 Å². The molecule has 0 saturated carbocycles. The van der Waals surface area contributed by atoms with E-state index in [2.05, 4.69) is 11.1 Å². The molecule has 18 heavy (non-hydrogen) atoms. The molecule has 2 rings (SSSR count). The minimum Gasteiger partial charge on any atom is -0.495 e. The van der Waals surface area contributed by atoms with Crippen molar-refractivity contribution in [2.45, 2.75) is 6.92 Å². The number of ether oxygens (including phenoxy) is 1. The van der Waals surface area contributed by atoms with Crippen molar-refractivity contribution in [2.75, 3.05) is 12.8 Å². The lowest BCUT2D eigenvalue weighted by molar-refractivity contribution is 0.413. The number of aryl methyl sites for hydroxylation is 1. The summed E-state index contributed by atoms with van der Waals surface area (Å²) in [5, 5.41) is 9.06. The van der Waals surface area contributed by atoms with Crippen LogP contribution in [0.5, 0.6) is 5.75 Å². The first-order chi connectivity index (χ1) is 8.58. The first-order valence-corrected chi connectivity index (χ1v) is 5.45. The normalized spacial score (nSPS) is 10.1. The van der Waals surface area contributed by atoms with Crippen molar-refractivity contribution in [2.24, 2.45) is 7.05 Å². The summed E-state index contributed by atoms with van der Waals surface area (Å²) < 4.78 is 6.92. The van der Waals surface area contributed by atoms with Crippen LogP contribution in [0.1, 0.15) is 11.4 Å². The molecular formula is C13H14N4O. The Labute approximate surface area is 105 Å². The quantitative estimate of drug-likeness (QED) is 0.871. The highest BCUT2D eigenvalue weighted by atomic mass is 16.5. The fourth-order valence-electron chi connectivity index (χ4n) is 1.78. The third kappa shape index (κ3) is 1.78. The molecular weight excluding hydrogens is 228 g/mol. The van der Waals surface area contributed by atoms with Gasteiger partial charge in [0.2, 0.25) is 0 Å². The molecule has 1 aromatic heterocycles. The van der Waals surface area contributed by atoms with Crippen molar-refractivity contribution >= 4 is 5.82 Å². The van der Waals surface area contributed by atoms with E-state index in [0.29, 0.717) is 22.8 Å². The molecule has 2 N–H and O–H groups in total. The number of aromatic nitrogens is 2. The summed E-state index contributed by atoms with van der Waals surface area (Å²) in [5.74, 6) is 1.96. The molecule has 1 aromatic carbocycles. The maximum Gasteiger partial charge on any atom is 0.136 e. The first kappa shape index (κ1) is 12.0. The number of nitrogens with two attached hydrogens (primary N) is 1. The molecule has 92 valence electrons. The number of nitriles is 1. The van der Waals surface area contributed by atoms with E-state index in [1.165, 1.54) is 7.11 Å². The van der Waals surface area contributed by atoms with Crippen LogP contribution >= 0.6 is 0 Å². The van der Waals surface area contributed by atoms with Gasteiger partial charge in [0.25, 0.3) is 0 Å². The lowest BCUT2D eigenvalue weighted by Crippen LogP contribution is -1.98. The van der Waals surface area contributed by atoms with E-state index in [1.807, 2.05) is 24.6 Å². The molecule has 0 amide bonds. The van der Waals surface area contributed by atoms with Crippen LogP contribution in [-0.4, -0.2) is 16.7 Å². The van der Waals surface area contributed by atoms with Gasteiger partial charge in [-0.1, -0.05) is 0 Å². The van der Waals surface area contributed by atoms with Gasteiger partial charge < -0.3 is 15.0 Å². The van der Waals surface area contributed by atoms with Gasteiger partial charge >= 0.3 is 0 Å². The summed E-state index contributed by atoms with van der Waals surface area (Å²) >= 11 is 0. The summed E-state index contributed by atoms with van der Waals surface area (Å²) in [7, 11) is 3.39. The maximum absolute atomic E-state index is 9.06. The average Bonchev–Trinajstić information content (AvgIpc) is 2.65. The zero-order valence-corrected chi connectivity index (χ0v) is 10.6. The molecule has 0 aliphatic heterocycles. The number of nitrogen functional groups attached to an aromatic ring is 1. The summed E-state index contributed by atoms with van der Waals surface area (Å²) in [4.78, 5) is 4.40. The van der Waals surface area contributed by atoms with E-state index in [1.54, 1.807) is 12.1 Å². The minimum atomic E-state index is 0.470. The van der Waals surface area contributed by atoms with E-state index < -0.39 is 0 Å². The summed E-state index contributed by atoms with van der Waals surface area (Å²) in [5.41, 5.74) is 7.96. The molecule has 0 bridgehead atoms. The lowest BCUT2D eigenvalue weighted by atomic mass is 10.1. The Kier molecular flexibility index (Phi) is 2.94. The smallest absolute Gasteiger partial charge is 0.136 e. The van der Waals surface area contributed by atoms with Crippen molar-refractivity contribution in [1.82, 2.24) is 9.55 Å². The Bertz CT molecular complexity index is 637. The Morgan fingerprint density at radius 2 is 2.17 bits per heavy atom. The lowest BCUT2D eigenvalue weighted by Gasteiger charge is -2.05. The Hall–Kier alpha value is -2.48. The van der Waals surface area contributed by atoms with Crippen LogP contribution in [0.25, 0.3) is 11.3 Å². The van der Waals surface area contributed by atoms with Crippen molar-refractivity contribution in [3.05, 3.63) is 29.6 Å². The van der Waals surface area contributed by atoms with Gasteiger partial charge in [-0.3, -0.25) is 0 Å². The highest BCUT2D eigenvalue weighted by Crippen LogP contribution is 2.29. The predicted octanol–water partition coefficient (Wildman–Crippen LogP) is 1.86. The Balaban J connectivity index is 2.59. The van der Waals surface area contributed by atoms with Gasteiger partial charge in [0.15, 0.2) is 0 Å². The number of hydrogen-bond donors (Lipinski definition) is 1. The third-order valence-corrected chi connectivity index (χ3v) is 2.96. The number of benzene rings is 1. The number of hydrogen-bond acceptors (Lipinski definition) is 4. The van der Waals surface area contributed by atoms with Crippen LogP contribution < -0.4 is 10.5 Å². The fourth-order valence-corrected chi connectivity index (χ4v) is 1.78. The first-order valence-electron chi connectivity index (χ1n) is 5.45. The second-order valence-electron chi connectivity index (χ2n) is 3.98. The molecule has 0 unspecified atom stereocenters. The van der Waals surface area contributed by atoms with Crippen LogP contribution in [0.4, 0.5) is 5.82 Å². The second-order valence-corrected chi connectivity index (χ2v) is 3.98. The number of anilines is 1. The van der Waals surface area contributed by atoms with Gasteiger partial charge in [-0.2, -0.15) is 5.26 Å². The fraction of sp³-hybridized carbons (Fsp3) is 0.231. The highest BCUT2D eigenvalue weighted by molar-refractivity contribution is 5.73. The average molecular weight is 242 g/mol. The number of methoxy groups -OCH3 is 1. The Morgan fingerprint density at radius 3 is 2.67 bits per heavy atom. The number of rotatable bonds is 2. The molecule has 0 radical (unpaired) electrons. The largest absolute Gasteiger partial charge is 0.495 e. The molecule has 0 saturated heterocycles. The monoisotopic (exact) mass is 242 g/mol. The van der Waals surface area contributed by atoms with Crippen molar-refractivity contribution < 1.29 is 4.74 Å². The van der Waals surface area contributed by atoms with Gasteiger partial charge in [-0.25, -0.2) is 4.98 Å². The van der Waals surface area contributed by atoms with Gasteiger partial charge in [0, 0.05) is 12.6 Å². The molecule has 5 nitrogen and oxygen atoms in total. The van der Waals surface area contributed by atoms with Crippen molar-refractivity contribution in [1.29, 1.82) is 5.26 Å². The minimum absolute atomic E-state index is 0.470. The summed E-state index contributed by atoms with van der Waals surface area (Å²) in [6, 6.07) is 7.42. The van der Waals surface area contributed by atoms with Crippen LogP contribution in [0, 0.1) is 18.3 Å². The standard InChI is InChI=1S/C13H14N4O/c1-8-16-12(13(15)17(8)2)9-4-5-11(18-3)10(6-9)7-14/h4-6H,15H2,1-3H3. The van der Waals surface area contributed by atoms with Gasteiger partial charge in [-0.05, 0) is 25.1 Å². The van der Waals surface area contributed by atoms with E-state index in [4.69, 9.17) is 15.7 Å². The van der Waals surface area contributed by atoms with Crippen molar-refractivity contribution in [3.8, 4) is 23.1 Å². The molecule has 0 fully saturated rings. The van der Waals surface area contributed by atoms with E-state index in [-0.39, 0.29) is 0 Å². The zero-order valence-electron chi connectivity index (χ0n) is 10.6. The highest BCUT2D eigenvalue weighted by Gasteiger charge is 2.13. The van der Waals surface area contributed by atoms with Crippen LogP contribution in [-0.2, 0) is 7.05 Å². The van der Waals surface area contributed by atoms with Crippen LogP contribution in [0.2, 0.25) is 0 Å². The van der Waals surface area contributed by atoms with E-state index in [0.717, 1.165) is 11.4 Å². The molecule has 0 aliphatic carbocycles. The predicted molar refractivity (Wildman–Crippen MR) is 69.1 cm³/mol. The number of nitrogens with zero attached hydrogens (tertiary/aromatic N) is 3. The molecule has 0 spiro atoms. The van der Waals surface area contributed by atoms with Gasteiger partial charge in [0.1, 0.15) is 29.2 Å². The SMILES string of the molecule is COc1ccc(-c2nc(C)n(C)c2N)cc1C#N. The van der Waals surface area contributed by atoms with Gasteiger partial charge in [0.05, 0.1) is 12.7 Å². The molecule has 5 heteroatoms. The van der Waals surface area contributed by atoms with Crippen molar-refractivity contribution in [3.63, 3.8) is 0 Å². The molecule has 0 aliphatic rings. The maximum atomic E-state index is 9.06. The molecule has 0 atom stereocenters. The zero-order chi connectivity index (χ0) is 13.3.